The number of ketones is 1. The van der Waals surface area contributed by atoms with Crippen LogP contribution in [0.3, 0.4) is 0 Å². The fraction of sp³-hybridized carbons (Fsp3) is 0.500. The molecule has 1 N–H and O–H groups in total. The van der Waals surface area contributed by atoms with E-state index < -0.39 is 5.97 Å². The number of allylic oxidation sites excluding steroid dienone is 1. The maximum atomic E-state index is 10.8. The van der Waals surface area contributed by atoms with Crippen molar-refractivity contribution in [2.45, 2.75) is 26.7 Å². The van der Waals surface area contributed by atoms with Crippen LogP contribution in [0.2, 0.25) is 0 Å². The van der Waals surface area contributed by atoms with Crippen molar-refractivity contribution in [1.29, 1.82) is 0 Å². The molecule has 0 aliphatic rings. The van der Waals surface area contributed by atoms with Crippen LogP contribution < -0.4 is 0 Å². The van der Waals surface area contributed by atoms with Crippen molar-refractivity contribution in [3.63, 3.8) is 0 Å². The summed E-state index contributed by atoms with van der Waals surface area (Å²) in [7, 11) is 0. The molecule has 62 valence electrons. The minimum atomic E-state index is -1.03. The van der Waals surface area contributed by atoms with Crippen molar-refractivity contribution < 1.29 is 14.7 Å². The molecule has 0 rings (SSSR count). The van der Waals surface area contributed by atoms with E-state index in [0.29, 0.717) is 6.42 Å². The van der Waals surface area contributed by atoms with Gasteiger partial charge in [0.1, 0.15) is 0 Å². The highest BCUT2D eigenvalue weighted by Crippen LogP contribution is 1.96. The molecule has 0 saturated carbocycles. The molecule has 0 unspecified atom stereocenters. The van der Waals surface area contributed by atoms with Crippen LogP contribution in [0.4, 0.5) is 0 Å². The second-order valence-corrected chi connectivity index (χ2v) is 2.35. The molecule has 0 heterocycles. The molecule has 0 amide bonds. The number of carboxylic acids is 1. The second kappa shape index (κ2) is 4.66. The number of carbonyl (C=O) groups excluding carboxylic acids is 1. The third-order valence-electron chi connectivity index (χ3n) is 1.21. The molecule has 0 atom stereocenters. The van der Waals surface area contributed by atoms with Crippen molar-refractivity contribution in [2.75, 3.05) is 0 Å². The zero-order valence-electron chi connectivity index (χ0n) is 6.76. The van der Waals surface area contributed by atoms with Gasteiger partial charge in [-0.3, -0.25) is 4.79 Å². The molecule has 0 aromatic carbocycles. The van der Waals surface area contributed by atoms with E-state index in [1.54, 1.807) is 0 Å². The Hall–Kier alpha value is -1.12. The molecule has 0 aromatic rings. The van der Waals surface area contributed by atoms with Crippen molar-refractivity contribution >= 4 is 11.8 Å². The molecule has 0 aliphatic carbocycles. The average Bonchev–Trinajstić information content (AvgIpc) is 1.87. The Morgan fingerprint density at radius 1 is 1.45 bits per heavy atom. The van der Waals surface area contributed by atoms with E-state index in [0.717, 1.165) is 6.42 Å². The van der Waals surface area contributed by atoms with Crippen LogP contribution in [0, 0.1) is 0 Å². The Bertz CT molecular complexity index is 192. The number of carboxylic acid groups (broad SMARTS) is 1. The summed E-state index contributed by atoms with van der Waals surface area (Å²) in [5.41, 5.74) is 0.100. The Morgan fingerprint density at radius 2 is 2.00 bits per heavy atom. The first-order valence-corrected chi connectivity index (χ1v) is 3.52. The SMILES string of the molecule is CCCC(=O)C=C(C)C(=O)O. The molecule has 0 radical (unpaired) electrons. The zero-order chi connectivity index (χ0) is 8.85. The first kappa shape index (κ1) is 9.88. The summed E-state index contributed by atoms with van der Waals surface area (Å²) in [4.78, 5) is 21.0. The summed E-state index contributed by atoms with van der Waals surface area (Å²) in [6.45, 7) is 3.29. The number of hydrogen-bond acceptors (Lipinski definition) is 2. The Balaban J connectivity index is 4.08. The number of hydrogen-bond donors (Lipinski definition) is 1. The minimum Gasteiger partial charge on any atom is -0.478 e. The van der Waals surface area contributed by atoms with E-state index in [4.69, 9.17) is 5.11 Å². The molecule has 3 nitrogen and oxygen atoms in total. The van der Waals surface area contributed by atoms with Gasteiger partial charge in [0.2, 0.25) is 0 Å². The van der Waals surface area contributed by atoms with E-state index in [2.05, 4.69) is 0 Å². The van der Waals surface area contributed by atoms with Gasteiger partial charge in [0.15, 0.2) is 5.78 Å². The molecule has 0 saturated heterocycles. The quantitative estimate of drug-likeness (QED) is 0.626. The highest BCUT2D eigenvalue weighted by molar-refractivity contribution is 5.98. The summed E-state index contributed by atoms with van der Waals surface area (Å²) >= 11 is 0. The van der Waals surface area contributed by atoms with Gasteiger partial charge in [0, 0.05) is 12.0 Å². The van der Waals surface area contributed by atoms with Crippen LogP contribution in [0.1, 0.15) is 26.7 Å². The first-order valence-electron chi connectivity index (χ1n) is 3.52. The molecule has 0 spiro atoms. The molecule has 11 heavy (non-hydrogen) atoms. The van der Waals surface area contributed by atoms with Crippen molar-refractivity contribution in [3.8, 4) is 0 Å². The standard InChI is InChI=1S/C8H12O3/c1-3-4-7(9)5-6(2)8(10)11/h5H,3-4H2,1-2H3,(H,10,11). The number of carbonyl (C=O) groups is 2. The van der Waals surface area contributed by atoms with E-state index >= 15 is 0 Å². The number of aliphatic carboxylic acids is 1. The van der Waals surface area contributed by atoms with E-state index in [1.807, 2.05) is 6.92 Å². The molecular weight excluding hydrogens is 144 g/mol. The third-order valence-corrected chi connectivity index (χ3v) is 1.21. The average molecular weight is 156 g/mol. The third kappa shape index (κ3) is 4.31. The highest BCUT2D eigenvalue weighted by Gasteiger charge is 2.02. The second-order valence-electron chi connectivity index (χ2n) is 2.35. The molecule has 0 fully saturated rings. The summed E-state index contributed by atoms with van der Waals surface area (Å²) in [6.07, 6.45) is 2.35. The van der Waals surface area contributed by atoms with Gasteiger partial charge in [-0.1, -0.05) is 6.92 Å². The molecule has 0 bridgehead atoms. The summed E-state index contributed by atoms with van der Waals surface area (Å²) in [5, 5.41) is 8.38. The van der Waals surface area contributed by atoms with Crippen molar-refractivity contribution in [1.82, 2.24) is 0 Å². The monoisotopic (exact) mass is 156 g/mol. The molecule has 3 heteroatoms. The lowest BCUT2D eigenvalue weighted by molar-refractivity contribution is -0.132. The predicted molar refractivity (Wildman–Crippen MR) is 41.3 cm³/mol. The lowest BCUT2D eigenvalue weighted by Gasteiger charge is -1.91. The van der Waals surface area contributed by atoms with Gasteiger partial charge in [-0.05, 0) is 19.4 Å². The normalized spacial score (nSPS) is 11.3. The van der Waals surface area contributed by atoms with Crippen LogP contribution in [0.5, 0.6) is 0 Å². The van der Waals surface area contributed by atoms with Crippen molar-refractivity contribution in [3.05, 3.63) is 11.6 Å². The molecule has 0 aromatic heterocycles. The summed E-state index contributed by atoms with van der Waals surface area (Å²) in [5.74, 6) is -1.15. The van der Waals surface area contributed by atoms with Crippen LogP contribution in [-0.2, 0) is 9.59 Å². The van der Waals surface area contributed by atoms with E-state index in [-0.39, 0.29) is 11.4 Å². The maximum Gasteiger partial charge on any atom is 0.331 e. The highest BCUT2D eigenvalue weighted by atomic mass is 16.4. The first-order chi connectivity index (χ1) is 5.07. The van der Waals surface area contributed by atoms with Gasteiger partial charge in [-0.15, -0.1) is 0 Å². The van der Waals surface area contributed by atoms with Crippen molar-refractivity contribution in [2.24, 2.45) is 0 Å². The smallest absolute Gasteiger partial charge is 0.331 e. The van der Waals surface area contributed by atoms with E-state index in [9.17, 15) is 9.59 Å². The summed E-state index contributed by atoms with van der Waals surface area (Å²) in [6, 6.07) is 0. The van der Waals surface area contributed by atoms with Gasteiger partial charge in [0.25, 0.3) is 0 Å². The Kier molecular flexibility index (Phi) is 4.18. The van der Waals surface area contributed by atoms with Gasteiger partial charge >= 0.3 is 5.97 Å². The molecule has 0 aliphatic heterocycles. The maximum absolute atomic E-state index is 10.8. The fourth-order valence-corrected chi connectivity index (χ4v) is 0.622. The van der Waals surface area contributed by atoms with Gasteiger partial charge in [-0.2, -0.15) is 0 Å². The molecular formula is C8H12O3. The van der Waals surface area contributed by atoms with Crippen LogP contribution in [0.25, 0.3) is 0 Å². The lowest BCUT2D eigenvalue weighted by Crippen LogP contribution is -2.00. The largest absolute Gasteiger partial charge is 0.478 e. The van der Waals surface area contributed by atoms with Crippen LogP contribution >= 0.6 is 0 Å². The number of rotatable bonds is 4. The van der Waals surface area contributed by atoms with E-state index in [1.165, 1.54) is 13.0 Å². The fourth-order valence-electron chi connectivity index (χ4n) is 0.622. The zero-order valence-corrected chi connectivity index (χ0v) is 6.76. The van der Waals surface area contributed by atoms with Crippen LogP contribution in [-0.4, -0.2) is 16.9 Å². The predicted octanol–water partition coefficient (Wildman–Crippen LogP) is 1.39. The summed E-state index contributed by atoms with van der Waals surface area (Å²) < 4.78 is 0. The Labute approximate surface area is 65.7 Å². The van der Waals surface area contributed by atoms with Gasteiger partial charge in [-0.25, -0.2) is 4.79 Å². The van der Waals surface area contributed by atoms with Crippen LogP contribution in [0.15, 0.2) is 11.6 Å². The Morgan fingerprint density at radius 3 is 2.36 bits per heavy atom. The van der Waals surface area contributed by atoms with Gasteiger partial charge in [0.05, 0.1) is 0 Å². The lowest BCUT2D eigenvalue weighted by atomic mass is 10.2. The van der Waals surface area contributed by atoms with Gasteiger partial charge < -0.3 is 5.11 Å². The minimum absolute atomic E-state index is 0.100. The topological polar surface area (TPSA) is 54.4 Å².